The van der Waals surface area contributed by atoms with Crippen LogP contribution in [-0.2, 0) is 0 Å². The van der Waals surface area contributed by atoms with E-state index >= 15 is 0 Å². The number of carbonyl (C=O) groups excluding carboxylic acids is 1. The van der Waals surface area contributed by atoms with Gasteiger partial charge in [-0.3, -0.25) is 30.3 Å². The Kier molecular flexibility index (Phi) is 6.15. The minimum absolute atomic E-state index is 0.0209. The van der Waals surface area contributed by atoms with E-state index < -0.39 is 33.7 Å². The average molecular weight is 450 g/mol. The van der Waals surface area contributed by atoms with Crippen molar-refractivity contribution in [3.05, 3.63) is 73.1 Å². The fraction of sp³-hybridized carbons (Fsp3) is 0.111. The number of nitro benzene ring substituents is 2. The quantitative estimate of drug-likeness (QED) is 0.403. The first-order valence-electron chi connectivity index (χ1n) is 8.42. The number of nitrogens with one attached hydrogen (secondary N) is 1. The summed E-state index contributed by atoms with van der Waals surface area (Å²) >= 11 is 1.11. The lowest BCUT2D eigenvalue weighted by Crippen LogP contribution is -2.12. The summed E-state index contributed by atoms with van der Waals surface area (Å²) in [5, 5.41) is 24.6. The number of carbonyl (C=O) groups is 1. The molecule has 1 aromatic heterocycles. The van der Waals surface area contributed by atoms with Gasteiger partial charge in [-0.2, -0.15) is 8.78 Å². The van der Waals surface area contributed by atoms with Crippen LogP contribution in [-0.4, -0.2) is 27.3 Å². The fourth-order valence-corrected chi connectivity index (χ4v) is 3.45. The van der Waals surface area contributed by atoms with Gasteiger partial charge in [0.05, 0.1) is 27.2 Å². The molecule has 0 aliphatic rings. The van der Waals surface area contributed by atoms with Crippen LogP contribution >= 0.6 is 11.3 Å². The molecule has 10 nitrogen and oxygen atoms in total. The normalized spacial score (nSPS) is 10.7. The number of hydrogen-bond donors (Lipinski definition) is 1. The maximum atomic E-state index is 12.5. The summed E-state index contributed by atoms with van der Waals surface area (Å²) in [6, 6.07) is 8.34. The Hall–Kier alpha value is -4.00. The number of aromatic nitrogens is 1. The van der Waals surface area contributed by atoms with E-state index in [0.717, 1.165) is 29.5 Å². The molecular formula is C18H12F2N4O6S. The van der Waals surface area contributed by atoms with Crippen LogP contribution in [0.5, 0.6) is 5.75 Å². The minimum atomic E-state index is -2.95. The molecule has 0 saturated heterocycles. The monoisotopic (exact) mass is 450 g/mol. The maximum absolute atomic E-state index is 12.5. The number of nitro groups is 2. The standard InChI is InChI=1S/C18H12F2N4O6S/c1-9-15(10-2-4-14(5-3-10)30-17(19)20)21-18(31-9)22-16(25)11-6-12(23(26)27)8-13(7-11)24(28)29/h2-8,17H,1H3,(H,21,22,25). The molecular weight excluding hydrogens is 438 g/mol. The lowest BCUT2D eigenvalue weighted by atomic mass is 10.1. The highest BCUT2D eigenvalue weighted by Crippen LogP contribution is 2.32. The van der Waals surface area contributed by atoms with E-state index in [1.54, 1.807) is 6.92 Å². The second-order valence-corrected chi connectivity index (χ2v) is 7.24. The zero-order valence-electron chi connectivity index (χ0n) is 15.6. The number of rotatable bonds is 7. The van der Waals surface area contributed by atoms with Crippen LogP contribution in [0.2, 0.25) is 0 Å². The van der Waals surface area contributed by atoms with Crippen LogP contribution in [0, 0.1) is 27.2 Å². The lowest BCUT2D eigenvalue weighted by Gasteiger charge is -2.05. The fourth-order valence-electron chi connectivity index (χ4n) is 2.62. The summed E-state index contributed by atoms with van der Waals surface area (Å²) in [5.41, 5.74) is -0.400. The molecule has 0 fully saturated rings. The Morgan fingerprint density at radius 1 is 1.10 bits per heavy atom. The third-order valence-corrected chi connectivity index (χ3v) is 4.84. The van der Waals surface area contributed by atoms with Crippen molar-refractivity contribution >= 4 is 33.8 Å². The number of ether oxygens (including phenoxy) is 1. The van der Waals surface area contributed by atoms with E-state index in [1.807, 2.05) is 0 Å². The number of aryl methyl sites for hydroxylation is 1. The van der Waals surface area contributed by atoms with Gasteiger partial charge >= 0.3 is 6.61 Å². The van der Waals surface area contributed by atoms with Crippen molar-refractivity contribution in [2.24, 2.45) is 0 Å². The topological polar surface area (TPSA) is 137 Å². The zero-order valence-corrected chi connectivity index (χ0v) is 16.4. The molecule has 0 unspecified atom stereocenters. The van der Waals surface area contributed by atoms with Crippen molar-refractivity contribution in [3.63, 3.8) is 0 Å². The van der Waals surface area contributed by atoms with E-state index in [2.05, 4.69) is 15.0 Å². The van der Waals surface area contributed by atoms with Gasteiger partial charge in [-0.25, -0.2) is 4.98 Å². The second kappa shape index (κ2) is 8.79. The molecule has 0 spiro atoms. The van der Waals surface area contributed by atoms with E-state index in [0.29, 0.717) is 16.1 Å². The third-order valence-electron chi connectivity index (χ3n) is 3.96. The Labute approximate surface area is 176 Å². The van der Waals surface area contributed by atoms with E-state index in [-0.39, 0.29) is 16.4 Å². The number of benzene rings is 2. The van der Waals surface area contributed by atoms with Gasteiger partial charge in [-0.05, 0) is 31.2 Å². The van der Waals surface area contributed by atoms with Gasteiger partial charge in [0.15, 0.2) is 5.13 Å². The molecule has 13 heteroatoms. The molecule has 1 N–H and O–H groups in total. The van der Waals surface area contributed by atoms with Gasteiger partial charge in [0, 0.05) is 22.6 Å². The molecule has 3 aromatic rings. The smallest absolute Gasteiger partial charge is 0.387 e. The molecule has 31 heavy (non-hydrogen) atoms. The molecule has 0 atom stereocenters. The molecule has 160 valence electrons. The lowest BCUT2D eigenvalue weighted by molar-refractivity contribution is -0.394. The first-order valence-corrected chi connectivity index (χ1v) is 9.23. The maximum Gasteiger partial charge on any atom is 0.387 e. The van der Waals surface area contributed by atoms with Crippen LogP contribution in [0.25, 0.3) is 11.3 Å². The number of anilines is 1. The first-order chi connectivity index (χ1) is 14.6. The van der Waals surface area contributed by atoms with Crippen molar-refractivity contribution in [2.45, 2.75) is 13.5 Å². The van der Waals surface area contributed by atoms with E-state index in [1.165, 1.54) is 24.3 Å². The molecule has 1 amide bonds. The number of halogens is 2. The van der Waals surface area contributed by atoms with Crippen molar-refractivity contribution in [3.8, 4) is 17.0 Å². The molecule has 0 radical (unpaired) electrons. The van der Waals surface area contributed by atoms with Crippen molar-refractivity contribution < 1.29 is 28.2 Å². The van der Waals surface area contributed by atoms with Crippen LogP contribution in [0.3, 0.4) is 0 Å². The highest BCUT2D eigenvalue weighted by Gasteiger charge is 2.21. The summed E-state index contributed by atoms with van der Waals surface area (Å²) < 4.78 is 28.8. The molecule has 2 aromatic carbocycles. The van der Waals surface area contributed by atoms with Gasteiger partial charge in [0.1, 0.15) is 5.75 Å². The van der Waals surface area contributed by atoms with Gasteiger partial charge in [0.2, 0.25) is 0 Å². The summed E-state index contributed by atoms with van der Waals surface area (Å²) in [4.78, 5) is 37.8. The Morgan fingerprint density at radius 2 is 1.68 bits per heavy atom. The predicted molar refractivity (Wildman–Crippen MR) is 107 cm³/mol. The van der Waals surface area contributed by atoms with Gasteiger partial charge < -0.3 is 4.74 Å². The number of thiazole rings is 1. The third kappa shape index (κ3) is 5.14. The van der Waals surface area contributed by atoms with Gasteiger partial charge in [-0.15, -0.1) is 11.3 Å². The minimum Gasteiger partial charge on any atom is -0.435 e. The molecule has 0 saturated carbocycles. The number of nitrogens with zero attached hydrogens (tertiary/aromatic N) is 3. The summed E-state index contributed by atoms with van der Waals surface area (Å²) in [6.45, 7) is -1.22. The predicted octanol–water partition coefficient (Wildman–Crippen LogP) is 4.79. The molecule has 0 bridgehead atoms. The number of hydrogen-bond acceptors (Lipinski definition) is 8. The van der Waals surface area contributed by atoms with E-state index in [9.17, 15) is 33.8 Å². The SMILES string of the molecule is Cc1sc(NC(=O)c2cc([N+](=O)[O-])cc([N+](=O)[O-])c2)nc1-c1ccc(OC(F)F)cc1. The van der Waals surface area contributed by atoms with Crippen molar-refractivity contribution in [1.82, 2.24) is 4.98 Å². The summed E-state index contributed by atoms with van der Waals surface area (Å²) in [6.07, 6.45) is 0. The first kappa shape index (κ1) is 21.7. The molecule has 0 aliphatic heterocycles. The highest BCUT2D eigenvalue weighted by molar-refractivity contribution is 7.16. The zero-order chi connectivity index (χ0) is 22.7. The Balaban J connectivity index is 1.84. The van der Waals surface area contributed by atoms with Crippen molar-refractivity contribution in [1.29, 1.82) is 0 Å². The van der Waals surface area contributed by atoms with Crippen LogP contribution in [0.4, 0.5) is 25.3 Å². The number of non-ortho nitro benzene ring substituents is 2. The number of alkyl halides is 2. The van der Waals surface area contributed by atoms with Crippen LogP contribution in [0.1, 0.15) is 15.2 Å². The summed E-state index contributed by atoms with van der Waals surface area (Å²) in [7, 11) is 0. The van der Waals surface area contributed by atoms with Gasteiger partial charge in [0.25, 0.3) is 17.3 Å². The highest BCUT2D eigenvalue weighted by atomic mass is 32.1. The van der Waals surface area contributed by atoms with Crippen LogP contribution < -0.4 is 10.1 Å². The van der Waals surface area contributed by atoms with Gasteiger partial charge in [-0.1, -0.05) is 0 Å². The Morgan fingerprint density at radius 3 is 2.19 bits per heavy atom. The van der Waals surface area contributed by atoms with E-state index in [4.69, 9.17) is 0 Å². The second-order valence-electron chi connectivity index (χ2n) is 6.03. The largest absolute Gasteiger partial charge is 0.435 e. The van der Waals surface area contributed by atoms with Crippen LogP contribution in [0.15, 0.2) is 42.5 Å². The molecule has 0 aliphatic carbocycles. The Bertz CT molecular complexity index is 1130. The van der Waals surface area contributed by atoms with Crippen molar-refractivity contribution in [2.75, 3.05) is 5.32 Å². The average Bonchev–Trinajstić information content (AvgIpc) is 3.07. The molecule has 1 heterocycles. The molecule has 3 rings (SSSR count). The summed E-state index contributed by atoms with van der Waals surface area (Å²) in [5.74, 6) is -0.833. The number of amides is 1.